The van der Waals surface area contributed by atoms with Crippen LogP contribution in [0.4, 0.5) is 13.2 Å². The number of thiazole rings is 1. The second-order valence-corrected chi connectivity index (χ2v) is 6.48. The summed E-state index contributed by atoms with van der Waals surface area (Å²) in [6, 6.07) is 7.35. The average molecular weight is 321 g/mol. The van der Waals surface area contributed by atoms with Crippen molar-refractivity contribution in [3.63, 3.8) is 0 Å². The van der Waals surface area contributed by atoms with Gasteiger partial charge in [0.1, 0.15) is 9.88 Å². The maximum atomic E-state index is 12.5. The fraction of sp³-hybridized carbons (Fsp3) is 0.250. The zero-order valence-electron chi connectivity index (χ0n) is 9.81. The first-order chi connectivity index (χ1) is 8.91. The van der Waals surface area contributed by atoms with Gasteiger partial charge in [-0.25, -0.2) is 4.98 Å². The Kier molecular flexibility index (Phi) is 4.47. The summed E-state index contributed by atoms with van der Waals surface area (Å²) in [7, 11) is 1.42. The SMILES string of the molecule is CC(SS)c1ccc(-c2ncc(C(F)(F)F)s2)cc1. The second kappa shape index (κ2) is 5.76. The third-order valence-corrected chi connectivity index (χ3v) is 5.20. The Morgan fingerprint density at radius 1 is 1.26 bits per heavy atom. The molecule has 7 heteroatoms. The van der Waals surface area contributed by atoms with E-state index in [0.29, 0.717) is 21.9 Å². The predicted octanol–water partition coefficient (Wildman–Crippen LogP) is 5.47. The number of nitrogens with zero attached hydrogens (tertiary/aromatic N) is 1. The molecule has 1 aromatic carbocycles. The van der Waals surface area contributed by atoms with Gasteiger partial charge in [-0.15, -0.1) is 23.0 Å². The van der Waals surface area contributed by atoms with Gasteiger partial charge in [0.05, 0.1) is 6.20 Å². The van der Waals surface area contributed by atoms with E-state index in [-0.39, 0.29) is 5.25 Å². The summed E-state index contributed by atoms with van der Waals surface area (Å²) in [6.45, 7) is 2.01. The topological polar surface area (TPSA) is 12.9 Å². The quantitative estimate of drug-likeness (QED) is 0.595. The first kappa shape index (κ1) is 14.7. The molecule has 1 nitrogen and oxygen atoms in total. The van der Waals surface area contributed by atoms with Crippen LogP contribution in [0.5, 0.6) is 0 Å². The fourth-order valence-electron chi connectivity index (χ4n) is 1.50. The molecule has 0 saturated heterocycles. The van der Waals surface area contributed by atoms with Crippen molar-refractivity contribution < 1.29 is 13.2 Å². The summed E-state index contributed by atoms with van der Waals surface area (Å²) in [5.41, 5.74) is 1.77. The van der Waals surface area contributed by atoms with Crippen molar-refractivity contribution in [2.45, 2.75) is 18.3 Å². The lowest BCUT2D eigenvalue weighted by molar-refractivity contribution is -0.134. The van der Waals surface area contributed by atoms with E-state index in [9.17, 15) is 13.2 Å². The second-order valence-electron chi connectivity index (χ2n) is 3.90. The molecular formula is C12H10F3NS3. The Hall–Kier alpha value is -0.660. The van der Waals surface area contributed by atoms with Crippen LogP contribution in [0.2, 0.25) is 0 Å². The third kappa shape index (κ3) is 3.46. The summed E-state index contributed by atoms with van der Waals surface area (Å²) >= 11 is 4.80. The van der Waals surface area contributed by atoms with E-state index < -0.39 is 11.1 Å². The van der Waals surface area contributed by atoms with Gasteiger partial charge in [-0.1, -0.05) is 35.1 Å². The molecule has 0 radical (unpaired) electrons. The molecule has 19 heavy (non-hydrogen) atoms. The van der Waals surface area contributed by atoms with Gasteiger partial charge >= 0.3 is 6.18 Å². The van der Waals surface area contributed by atoms with Gasteiger partial charge in [0.25, 0.3) is 0 Å². The van der Waals surface area contributed by atoms with E-state index in [1.165, 1.54) is 10.8 Å². The molecule has 0 saturated carbocycles. The Morgan fingerprint density at radius 2 is 1.89 bits per heavy atom. The number of rotatable bonds is 3. The van der Waals surface area contributed by atoms with Crippen LogP contribution in [0.3, 0.4) is 0 Å². The Bertz CT molecular complexity index is 548. The Balaban J connectivity index is 2.25. The van der Waals surface area contributed by atoms with Gasteiger partial charge < -0.3 is 0 Å². The first-order valence-corrected chi connectivity index (χ1v) is 8.10. The summed E-state index contributed by atoms with van der Waals surface area (Å²) in [5.74, 6) is 0. The molecular weight excluding hydrogens is 311 g/mol. The molecule has 1 aromatic heterocycles. The standard InChI is InChI=1S/C12H10F3NS3/c1-7(19-17)8-2-4-9(5-3-8)11-16-6-10(18-11)12(13,14)15/h2-7,17H,1H3. The highest BCUT2D eigenvalue weighted by molar-refractivity contribution is 8.68. The molecule has 102 valence electrons. The zero-order chi connectivity index (χ0) is 14.0. The summed E-state index contributed by atoms with van der Waals surface area (Å²) in [5, 5.41) is 0.615. The summed E-state index contributed by atoms with van der Waals surface area (Å²) < 4.78 is 37.5. The van der Waals surface area contributed by atoms with Crippen LogP contribution in [0.25, 0.3) is 10.6 Å². The van der Waals surface area contributed by atoms with Crippen molar-refractivity contribution in [3.8, 4) is 10.6 Å². The van der Waals surface area contributed by atoms with E-state index in [1.54, 1.807) is 12.1 Å². The minimum Gasteiger partial charge on any atom is -0.244 e. The minimum absolute atomic E-state index is 0.236. The molecule has 0 aliphatic rings. The lowest BCUT2D eigenvalue weighted by Gasteiger charge is -2.07. The molecule has 1 heterocycles. The van der Waals surface area contributed by atoms with Gasteiger partial charge in [0.2, 0.25) is 0 Å². The van der Waals surface area contributed by atoms with Gasteiger partial charge in [-0.2, -0.15) is 13.2 Å². The molecule has 0 aliphatic carbocycles. The van der Waals surface area contributed by atoms with Crippen LogP contribution in [0.15, 0.2) is 30.5 Å². The van der Waals surface area contributed by atoms with Crippen molar-refractivity contribution in [1.82, 2.24) is 4.98 Å². The third-order valence-electron chi connectivity index (χ3n) is 2.57. The van der Waals surface area contributed by atoms with E-state index in [4.69, 9.17) is 0 Å². The lowest BCUT2D eigenvalue weighted by atomic mass is 10.1. The maximum Gasteiger partial charge on any atom is 0.427 e. The molecule has 0 fully saturated rings. The largest absolute Gasteiger partial charge is 0.427 e. The van der Waals surface area contributed by atoms with Gasteiger partial charge in [-0.05, 0) is 12.5 Å². The molecule has 0 amide bonds. The molecule has 0 bridgehead atoms. The van der Waals surface area contributed by atoms with Crippen molar-refractivity contribution in [1.29, 1.82) is 0 Å². The van der Waals surface area contributed by atoms with Gasteiger partial charge in [-0.3, -0.25) is 0 Å². The molecule has 1 atom stereocenters. The number of alkyl halides is 3. The number of thiol groups is 1. The van der Waals surface area contributed by atoms with E-state index in [1.807, 2.05) is 19.1 Å². The molecule has 1 unspecified atom stereocenters. The fourth-order valence-corrected chi connectivity index (χ4v) is 2.93. The maximum absolute atomic E-state index is 12.5. The van der Waals surface area contributed by atoms with Crippen molar-refractivity contribution in [3.05, 3.63) is 40.9 Å². The van der Waals surface area contributed by atoms with Crippen LogP contribution in [-0.4, -0.2) is 4.98 Å². The van der Waals surface area contributed by atoms with Crippen LogP contribution in [0.1, 0.15) is 22.6 Å². The smallest absolute Gasteiger partial charge is 0.244 e. The van der Waals surface area contributed by atoms with Gasteiger partial charge in [0.15, 0.2) is 0 Å². The summed E-state index contributed by atoms with van der Waals surface area (Å²) in [6.07, 6.45) is -3.45. The highest BCUT2D eigenvalue weighted by atomic mass is 33.1. The van der Waals surface area contributed by atoms with Gasteiger partial charge in [0, 0.05) is 10.8 Å². The number of aromatic nitrogens is 1. The monoisotopic (exact) mass is 321 g/mol. The van der Waals surface area contributed by atoms with Crippen molar-refractivity contribution in [2.75, 3.05) is 0 Å². The predicted molar refractivity (Wildman–Crippen MR) is 77.5 cm³/mol. The normalized spacial score (nSPS) is 13.5. The van der Waals surface area contributed by atoms with Crippen molar-refractivity contribution >= 4 is 33.8 Å². The number of benzene rings is 1. The number of hydrogen-bond donors (Lipinski definition) is 1. The Morgan fingerprint density at radius 3 is 2.37 bits per heavy atom. The number of halogens is 3. The lowest BCUT2D eigenvalue weighted by Crippen LogP contribution is -2.00. The van der Waals surface area contributed by atoms with Crippen molar-refractivity contribution in [2.24, 2.45) is 0 Å². The first-order valence-electron chi connectivity index (χ1n) is 5.35. The average Bonchev–Trinajstić information content (AvgIpc) is 2.87. The highest BCUT2D eigenvalue weighted by Gasteiger charge is 2.33. The molecule has 2 rings (SSSR count). The molecule has 0 N–H and O–H groups in total. The number of hydrogen-bond acceptors (Lipinski definition) is 4. The highest BCUT2D eigenvalue weighted by Crippen LogP contribution is 2.37. The van der Waals surface area contributed by atoms with Crippen LogP contribution < -0.4 is 0 Å². The van der Waals surface area contributed by atoms with Crippen LogP contribution in [-0.2, 0) is 6.18 Å². The van der Waals surface area contributed by atoms with E-state index in [0.717, 1.165) is 11.8 Å². The van der Waals surface area contributed by atoms with E-state index in [2.05, 4.69) is 16.6 Å². The van der Waals surface area contributed by atoms with E-state index >= 15 is 0 Å². The molecule has 2 aromatic rings. The molecule has 0 aliphatic heterocycles. The molecule has 0 spiro atoms. The zero-order valence-corrected chi connectivity index (χ0v) is 12.3. The van der Waals surface area contributed by atoms with Crippen LogP contribution in [0, 0.1) is 0 Å². The Labute approximate surface area is 122 Å². The van der Waals surface area contributed by atoms with Crippen LogP contribution >= 0.6 is 33.8 Å². The summed E-state index contributed by atoms with van der Waals surface area (Å²) in [4.78, 5) is 3.15. The minimum atomic E-state index is -4.33.